The highest BCUT2D eigenvalue weighted by Crippen LogP contribution is 2.38. The summed E-state index contributed by atoms with van der Waals surface area (Å²) >= 11 is 5.87. The topological polar surface area (TPSA) is 48.4 Å². The van der Waals surface area contributed by atoms with Crippen LogP contribution in [0.25, 0.3) is 0 Å². The summed E-state index contributed by atoms with van der Waals surface area (Å²) in [6.07, 6.45) is 1.23. The van der Waals surface area contributed by atoms with Crippen LogP contribution in [0.1, 0.15) is 39.2 Å². The van der Waals surface area contributed by atoms with E-state index in [4.69, 9.17) is 21.1 Å². The highest BCUT2D eigenvalue weighted by Gasteiger charge is 2.41. The molecule has 1 rings (SSSR count). The Hall–Kier alpha value is -1.29. The van der Waals surface area contributed by atoms with Gasteiger partial charge in [0.15, 0.2) is 0 Å². The Labute approximate surface area is 119 Å². The number of rotatable bonds is 6. The molecule has 4 nitrogen and oxygen atoms in total. The van der Waals surface area contributed by atoms with E-state index in [2.05, 4.69) is 4.98 Å². The van der Waals surface area contributed by atoms with E-state index < -0.39 is 5.41 Å². The number of carbonyl (C=O) groups is 1. The van der Waals surface area contributed by atoms with Gasteiger partial charge in [-0.05, 0) is 31.9 Å². The summed E-state index contributed by atoms with van der Waals surface area (Å²) in [5.41, 5.74) is -0.0123. The standard InChI is InChI=1S/C14H20ClNO3/c1-5-14(6-2,13(17)19-7-3)10-8-9-11(15)16-12(10)18-4/h8-9H,5-7H2,1-4H3. The van der Waals surface area contributed by atoms with Crippen LogP contribution in [-0.2, 0) is 14.9 Å². The van der Waals surface area contributed by atoms with Gasteiger partial charge in [0.05, 0.1) is 19.1 Å². The average molecular weight is 286 g/mol. The van der Waals surface area contributed by atoms with Crippen molar-refractivity contribution in [3.63, 3.8) is 0 Å². The third-order valence-corrected chi connectivity index (χ3v) is 3.62. The van der Waals surface area contributed by atoms with Gasteiger partial charge >= 0.3 is 5.97 Å². The Kier molecular flexibility index (Phi) is 5.60. The minimum atomic E-state index is -0.737. The van der Waals surface area contributed by atoms with E-state index in [-0.39, 0.29) is 5.97 Å². The fraction of sp³-hybridized carbons (Fsp3) is 0.571. The fourth-order valence-electron chi connectivity index (χ4n) is 2.24. The monoisotopic (exact) mass is 285 g/mol. The second kappa shape index (κ2) is 6.75. The first-order valence-electron chi connectivity index (χ1n) is 6.43. The first-order valence-corrected chi connectivity index (χ1v) is 6.81. The molecule has 0 aliphatic carbocycles. The van der Waals surface area contributed by atoms with E-state index in [0.29, 0.717) is 30.5 Å². The van der Waals surface area contributed by atoms with Crippen LogP contribution in [0.3, 0.4) is 0 Å². The van der Waals surface area contributed by atoms with Gasteiger partial charge < -0.3 is 9.47 Å². The number of esters is 1. The van der Waals surface area contributed by atoms with Crippen LogP contribution in [0, 0.1) is 0 Å². The van der Waals surface area contributed by atoms with Gasteiger partial charge in [0, 0.05) is 5.56 Å². The van der Waals surface area contributed by atoms with Crippen molar-refractivity contribution in [1.82, 2.24) is 4.98 Å². The smallest absolute Gasteiger partial charge is 0.316 e. The summed E-state index contributed by atoms with van der Waals surface area (Å²) < 4.78 is 10.5. The van der Waals surface area contributed by atoms with E-state index in [1.807, 2.05) is 13.8 Å². The van der Waals surface area contributed by atoms with Gasteiger partial charge in [0.1, 0.15) is 5.15 Å². The van der Waals surface area contributed by atoms with Gasteiger partial charge in [-0.1, -0.05) is 25.4 Å². The highest BCUT2D eigenvalue weighted by molar-refractivity contribution is 6.29. The summed E-state index contributed by atoms with van der Waals surface area (Å²) in [6, 6.07) is 3.46. The average Bonchev–Trinajstić information content (AvgIpc) is 2.42. The van der Waals surface area contributed by atoms with E-state index in [1.54, 1.807) is 19.1 Å². The number of hydrogen-bond donors (Lipinski definition) is 0. The zero-order chi connectivity index (χ0) is 14.5. The number of ether oxygens (including phenoxy) is 2. The Morgan fingerprint density at radius 2 is 1.95 bits per heavy atom. The predicted molar refractivity (Wildman–Crippen MR) is 74.7 cm³/mol. The molecule has 0 N–H and O–H groups in total. The van der Waals surface area contributed by atoms with Crippen molar-refractivity contribution in [3.8, 4) is 5.88 Å². The lowest BCUT2D eigenvalue weighted by Gasteiger charge is -2.30. The number of nitrogens with zero attached hydrogens (tertiary/aromatic N) is 1. The van der Waals surface area contributed by atoms with Gasteiger partial charge in [-0.25, -0.2) is 4.98 Å². The number of aromatic nitrogens is 1. The van der Waals surface area contributed by atoms with E-state index in [9.17, 15) is 4.79 Å². The molecule has 0 unspecified atom stereocenters. The molecule has 0 amide bonds. The minimum Gasteiger partial charge on any atom is -0.481 e. The minimum absolute atomic E-state index is 0.248. The summed E-state index contributed by atoms with van der Waals surface area (Å²) in [7, 11) is 1.52. The van der Waals surface area contributed by atoms with Gasteiger partial charge in [-0.15, -0.1) is 0 Å². The molecule has 5 heteroatoms. The number of hydrogen-bond acceptors (Lipinski definition) is 4. The van der Waals surface area contributed by atoms with E-state index in [0.717, 1.165) is 5.56 Å². The fourth-order valence-corrected chi connectivity index (χ4v) is 2.38. The van der Waals surface area contributed by atoms with Crippen molar-refractivity contribution >= 4 is 17.6 Å². The predicted octanol–water partition coefficient (Wildman–Crippen LogP) is 3.36. The van der Waals surface area contributed by atoms with Gasteiger partial charge in [0.2, 0.25) is 5.88 Å². The van der Waals surface area contributed by atoms with Crippen LogP contribution in [0.15, 0.2) is 12.1 Å². The maximum Gasteiger partial charge on any atom is 0.316 e. The molecule has 19 heavy (non-hydrogen) atoms. The van der Waals surface area contributed by atoms with Gasteiger partial charge in [0.25, 0.3) is 0 Å². The highest BCUT2D eigenvalue weighted by atomic mass is 35.5. The molecule has 0 saturated heterocycles. The Morgan fingerprint density at radius 3 is 2.42 bits per heavy atom. The second-order valence-corrected chi connectivity index (χ2v) is 4.59. The zero-order valence-electron chi connectivity index (χ0n) is 11.8. The summed E-state index contributed by atoms with van der Waals surface area (Å²) in [5.74, 6) is 0.131. The Morgan fingerprint density at radius 1 is 1.32 bits per heavy atom. The number of pyridine rings is 1. The molecule has 1 heterocycles. The van der Waals surface area contributed by atoms with Crippen LogP contribution in [0.2, 0.25) is 5.15 Å². The van der Waals surface area contributed by atoms with E-state index in [1.165, 1.54) is 7.11 Å². The lowest BCUT2D eigenvalue weighted by atomic mass is 9.76. The van der Waals surface area contributed by atoms with E-state index >= 15 is 0 Å². The molecule has 106 valence electrons. The summed E-state index contributed by atoms with van der Waals surface area (Å²) in [6.45, 7) is 6.05. The van der Waals surface area contributed by atoms with Crippen molar-refractivity contribution in [3.05, 3.63) is 22.8 Å². The van der Waals surface area contributed by atoms with Crippen LogP contribution < -0.4 is 4.74 Å². The molecular formula is C14H20ClNO3. The molecule has 0 radical (unpaired) electrons. The first-order chi connectivity index (χ1) is 9.05. The van der Waals surface area contributed by atoms with Crippen LogP contribution in [0.4, 0.5) is 0 Å². The molecule has 1 aromatic heterocycles. The van der Waals surface area contributed by atoms with Crippen LogP contribution in [0.5, 0.6) is 5.88 Å². The maximum atomic E-state index is 12.3. The molecule has 0 atom stereocenters. The van der Waals surface area contributed by atoms with Crippen molar-refractivity contribution in [2.45, 2.75) is 39.0 Å². The number of halogens is 1. The molecule has 0 fully saturated rings. The van der Waals surface area contributed by atoms with Crippen molar-refractivity contribution in [2.75, 3.05) is 13.7 Å². The number of carbonyl (C=O) groups excluding carboxylic acids is 1. The molecule has 0 bridgehead atoms. The third kappa shape index (κ3) is 3.00. The lowest BCUT2D eigenvalue weighted by molar-refractivity contribution is -0.150. The van der Waals surface area contributed by atoms with Crippen molar-refractivity contribution in [2.24, 2.45) is 0 Å². The normalized spacial score (nSPS) is 11.2. The molecule has 0 aromatic carbocycles. The third-order valence-electron chi connectivity index (χ3n) is 3.41. The largest absolute Gasteiger partial charge is 0.481 e. The number of methoxy groups -OCH3 is 1. The molecular weight excluding hydrogens is 266 g/mol. The summed E-state index contributed by atoms with van der Waals surface area (Å²) in [4.78, 5) is 16.5. The molecule has 0 spiro atoms. The van der Waals surface area contributed by atoms with Gasteiger partial charge in [-0.2, -0.15) is 0 Å². The van der Waals surface area contributed by atoms with Crippen LogP contribution in [-0.4, -0.2) is 24.7 Å². The quantitative estimate of drug-likeness (QED) is 0.594. The molecule has 0 aliphatic rings. The molecule has 0 aliphatic heterocycles. The molecule has 1 aromatic rings. The van der Waals surface area contributed by atoms with Gasteiger partial charge in [-0.3, -0.25) is 4.79 Å². The first kappa shape index (κ1) is 15.8. The van der Waals surface area contributed by atoms with Crippen molar-refractivity contribution in [1.29, 1.82) is 0 Å². The maximum absolute atomic E-state index is 12.3. The van der Waals surface area contributed by atoms with Crippen molar-refractivity contribution < 1.29 is 14.3 Å². The second-order valence-electron chi connectivity index (χ2n) is 4.20. The lowest BCUT2D eigenvalue weighted by Crippen LogP contribution is -2.37. The zero-order valence-corrected chi connectivity index (χ0v) is 12.6. The summed E-state index contributed by atoms with van der Waals surface area (Å²) in [5, 5.41) is 0.338. The molecule has 0 saturated carbocycles. The Balaban J connectivity index is 3.37. The van der Waals surface area contributed by atoms with Crippen LogP contribution >= 0.6 is 11.6 Å². The SMILES string of the molecule is CCOC(=O)C(CC)(CC)c1ccc(Cl)nc1OC. The Bertz CT molecular complexity index is 444.